The van der Waals surface area contributed by atoms with E-state index in [2.05, 4.69) is 50.4 Å². The quantitative estimate of drug-likeness (QED) is 0.482. The molecular formula is C25H31N7O. The maximum atomic E-state index is 10.0. The van der Waals surface area contributed by atoms with Crippen molar-refractivity contribution < 1.29 is 5.11 Å². The number of aromatic nitrogens is 4. The Hall–Kier alpha value is -3.41. The molecule has 0 radical (unpaired) electrons. The van der Waals surface area contributed by atoms with E-state index in [-0.39, 0.29) is 12.0 Å². The van der Waals surface area contributed by atoms with Gasteiger partial charge < -0.3 is 20.6 Å². The summed E-state index contributed by atoms with van der Waals surface area (Å²) in [7, 11) is 4.09. The predicted octanol–water partition coefficient (Wildman–Crippen LogP) is 3.00. The topological polar surface area (TPSA) is 91.1 Å². The lowest BCUT2D eigenvalue weighted by atomic mass is 9.83. The predicted molar refractivity (Wildman–Crippen MR) is 132 cm³/mol. The summed E-state index contributed by atoms with van der Waals surface area (Å²) in [6.07, 6.45) is 1.75. The molecule has 3 N–H and O–H groups in total. The average molecular weight is 446 g/mol. The van der Waals surface area contributed by atoms with Crippen molar-refractivity contribution in [2.75, 3.05) is 44.4 Å². The molecule has 2 aromatic heterocycles. The van der Waals surface area contributed by atoms with Crippen LogP contribution in [0.1, 0.15) is 30.7 Å². The lowest BCUT2D eigenvalue weighted by Crippen LogP contribution is -2.28. The van der Waals surface area contributed by atoms with Crippen LogP contribution in [-0.2, 0) is 12.0 Å². The summed E-state index contributed by atoms with van der Waals surface area (Å²) < 4.78 is 1.94. The number of aliphatic hydroxyl groups excluding tert-OH is 1. The minimum absolute atomic E-state index is 0.0579. The van der Waals surface area contributed by atoms with Crippen LogP contribution in [0.4, 0.5) is 17.5 Å². The van der Waals surface area contributed by atoms with Crippen LogP contribution in [0.5, 0.6) is 0 Å². The second-order valence-electron chi connectivity index (χ2n) is 8.98. The number of hydrogen-bond acceptors (Lipinski definition) is 7. The molecule has 172 valence electrons. The van der Waals surface area contributed by atoms with Gasteiger partial charge in [-0.2, -0.15) is 5.10 Å². The number of aryl methyl sites for hydroxylation is 1. The number of likely N-dealkylation sites (N-methyl/N-ethyl adjacent to an activating group) is 1. The van der Waals surface area contributed by atoms with E-state index in [1.165, 1.54) is 0 Å². The first-order valence-electron chi connectivity index (χ1n) is 11.1. The van der Waals surface area contributed by atoms with Crippen molar-refractivity contribution >= 4 is 17.5 Å². The maximum absolute atomic E-state index is 10.0. The van der Waals surface area contributed by atoms with Crippen LogP contribution in [-0.4, -0.2) is 63.5 Å². The third kappa shape index (κ3) is 4.70. The van der Waals surface area contributed by atoms with E-state index in [1.54, 1.807) is 6.20 Å². The van der Waals surface area contributed by atoms with Gasteiger partial charge in [0.1, 0.15) is 5.82 Å². The minimum Gasteiger partial charge on any atom is -0.395 e. The lowest BCUT2D eigenvalue weighted by molar-refractivity contribution is 0.219. The molecule has 1 unspecified atom stereocenters. The standard InChI is InChI=1S/C25H31N7O/c1-6-7-18-13-19(14-20-23(18)27-15-25(20,3)16-33)21-8-9-26-24(28-21)29-22-12-17(2)30-32(22)11-10-31(4)5/h8-9,12-14,27,33H,10-11,15-16H2,1-5H3,(H,26,28,29). The first-order chi connectivity index (χ1) is 15.8. The van der Waals surface area contributed by atoms with Gasteiger partial charge in [0.2, 0.25) is 5.95 Å². The Labute approximate surface area is 195 Å². The number of fused-ring (bicyclic) bond motifs is 1. The Morgan fingerprint density at radius 3 is 2.85 bits per heavy atom. The highest BCUT2D eigenvalue weighted by Gasteiger charge is 2.35. The fourth-order valence-electron chi connectivity index (χ4n) is 4.02. The van der Waals surface area contributed by atoms with Crippen LogP contribution in [0.15, 0.2) is 30.5 Å². The van der Waals surface area contributed by atoms with Crippen molar-refractivity contribution in [2.24, 2.45) is 0 Å². The van der Waals surface area contributed by atoms with E-state index < -0.39 is 0 Å². The van der Waals surface area contributed by atoms with E-state index in [1.807, 2.05) is 50.8 Å². The molecule has 0 saturated heterocycles. The number of hydrogen-bond donors (Lipinski definition) is 3. The Morgan fingerprint density at radius 1 is 1.30 bits per heavy atom. The number of rotatable bonds is 7. The second-order valence-corrected chi connectivity index (χ2v) is 8.98. The van der Waals surface area contributed by atoms with Gasteiger partial charge in [0.25, 0.3) is 0 Å². The highest BCUT2D eigenvalue weighted by molar-refractivity contribution is 5.77. The van der Waals surface area contributed by atoms with Crippen molar-refractivity contribution in [2.45, 2.75) is 32.7 Å². The number of nitrogens with zero attached hydrogens (tertiary/aromatic N) is 5. The first-order valence-corrected chi connectivity index (χ1v) is 11.1. The zero-order valence-corrected chi connectivity index (χ0v) is 19.9. The van der Waals surface area contributed by atoms with Crippen LogP contribution >= 0.6 is 0 Å². The third-order valence-corrected chi connectivity index (χ3v) is 5.90. The van der Waals surface area contributed by atoms with Gasteiger partial charge in [0, 0.05) is 41.9 Å². The van der Waals surface area contributed by atoms with Gasteiger partial charge in [0.15, 0.2) is 0 Å². The van der Waals surface area contributed by atoms with Crippen LogP contribution < -0.4 is 10.6 Å². The van der Waals surface area contributed by atoms with E-state index in [0.717, 1.165) is 52.7 Å². The molecule has 1 aliphatic rings. The summed E-state index contributed by atoms with van der Waals surface area (Å²) in [5, 5.41) is 21.4. The molecule has 1 aliphatic heterocycles. The Balaban J connectivity index is 1.69. The molecule has 3 heterocycles. The molecule has 0 amide bonds. The van der Waals surface area contributed by atoms with Crippen LogP contribution in [0.25, 0.3) is 11.3 Å². The van der Waals surface area contributed by atoms with Crippen LogP contribution in [0.3, 0.4) is 0 Å². The Morgan fingerprint density at radius 2 is 2.12 bits per heavy atom. The molecule has 4 rings (SSSR count). The normalized spacial score (nSPS) is 16.8. The number of aliphatic hydroxyl groups is 1. The molecule has 0 bridgehead atoms. The molecule has 33 heavy (non-hydrogen) atoms. The van der Waals surface area contributed by atoms with Gasteiger partial charge in [-0.15, -0.1) is 5.92 Å². The van der Waals surface area contributed by atoms with E-state index in [4.69, 9.17) is 4.98 Å². The van der Waals surface area contributed by atoms with Gasteiger partial charge in [0.05, 0.1) is 30.2 Å². The van der Waals surface area contributed by atoms with Crippen molar-refractivity contribution in [3.05, 3.63) is 47.3 Å². The van der Waals surface area contributed by atoms with Gasteiger partial charge in [-0.1, -0.05) is 12.8 Å². The van der Waals surface area contributed by atoms with E-state index in [9.17, 15) is 5.11 Å². The molecule has 3 aromatic rings. The molecule has 8 heteroatoms. The lowest BCUT2D eigenvalue weighted by Gasteiger charge is -2.21. The van der Waals surface area contributed by atoms with Crippen LogP contribution in [0.2, 0.25) is 0 Å². The maximum Gasteiger partial charge on any atom is 0.228 e. The first kappa shape index (κ1) is 22.8. The van der Waals surface area contributed by atoms with Gasteiger partial charge in [-0.3, -0.25) is 0 Å². The number of benzene rings is 1. The monoisotopic (exact) mass is 445 g/mol. The third-order valence-electron chi connectivity index (χ3n) is 5.90. The largest absolute Gasteiger partial charge is 0.395 e. The Bertz CT molecular complexity index is 1220. The molecule has 1 aromatic carbocycles. The summed E-state index contributed by atoms with van der Waals surface area (Å²) in [5.74, 6) is 7.56. The number of anilines is 3. The zero-order valence-electron chi connectivity index (χ0n) is 19.9. The molecule has 0 spiro atoms. The van der Waals surface area contributed by atoms with E-state index >= 15 is 0 Å². The fourth-order valence-corrected chi connectivity index (χ4v) is 4.02. The summed E-state index contributed by atoms with van der Waals surface area (Å²) in [4.78, 5) is 11.3. The Kier molecular flexibility index (Phi) is 6.36. The highest BCUT2D eigenvalue weighted by Crippen LogP contribution is 2.41. The second kappa shape index (κ2) is 9.22. The van der Waals surface area contributed by atoms with Crippen molar-refractivity contribution in [3.63, 3.8) is 0 Å². The van der Waals surface area contributed by atoms with Crippen LogP contribution in [0, 0.1) is 18.8 Å². The van der Waals surface area contributed by atoms with Crippen molar-refractivity contribution in [1.29, 1.82) is 0 Å². The minimum atomic E-state index is -0.361. The SMILES string of the molecule is CC#Cc1cc(-c2ccnc(Nc3cc(C)nn3CCN(C)C)n2)cc2c1NCC2(C)CO. The molecule has 0 fully saturated rings. The zero-order chi connectivity index (χ0) is 23.6. The fraction of sp³-hybridized carbons (Fsp3) is 0.400. The van der Waals surface area contributed by atoms with E-state index in [0.29, 0.717) is 12.5 Å². The van der Waals surface area contributed by atoms with Gasteiger partial charge in [-0.25, -0.2) is 14.6 Å². The molecular weight excluding hydrogens is 414 g/mol. The summed E-state index contributed by atoms with van der Waals surface area (Å²) in [6, 6.07) is 8.03. The molecule has 0 saturated carbocycles. The summed E-state index contributed by atoms with van der Waals surface area (Å²) in [6.45, 7) is 8.23. The smallest absolute Gasteiger partial charge is 0.228 e. The number of nitrogens with one attached hydrogen (secondary N) is 2. The summed E-state index contributed by atoms with van der Waals surface area (Å²) >= 11 is 0. The molecule has 8 nitrogen and oxygen atoms in total. The van der Waals surface area contributed by atoms with Crippen molar-refractivity contribution in [1.82, 2.24) is 24.6 Å². The summed E-state index contributed by atoms with van der Waals surface area (Å²) in [5.41, 5.74) is 5.27. The average Bonchev–Trinajstić information content (AvgIpc) is 3.32. The highest BCUT2D eigenvalue weighted by atomic mass is 16.3. The molecule has 0 aliphatic carbocycles. The van der Waals surface area contributed by atoms with Gasteiger partial charge >= 0.3 is 0 Å². The van der Waals surface area contributed by atoms with Crippen molar-refractivity contribution in [3.8, 4) is 23.1 Å². The van der Waals surface area contributed by atoms with Gasteiger partial charge in [-0.05, 0) is 51.7 Å². The molecule has 1 atom stereocenters.